The molecule has 112 valence electrons. The molecule has 6 heteroatoms. The summed E-state index contributed by atoms with van der Waals surface area (Å²) in [6.45, 7) is 1.70. The van der Waals surface area contributed by atoms with E-state index in [-0.39, 0.29) is 11.8 Å². The zero-order chi connectivity index (χ0) is 15.2. The van der Waals surface area contributed by atoms with Gasteiger partial charge in [-0.1, -0.05) is 42.1 Å². The molecule has 0 aromatic heterocycles. The number of hydrogen-bond acceptors (Lipinski definition) is 2. The number of carbonyl (C=O) groups is 2. The van der Waals surface area contributed by atoms with Gasteiger partial charge in [-0.2, -0.15) is 0 Å². The second kappa shape index (κ2) is 5.18. The standard InChI is InChI=1S/C15H16Cl2N2O2/c1-9-13(20)18-15(7-2-3-8-15)14(21)19(9)11-6-4-5-10(16)12(11)17/h4-6,9H,2-3,7-8H2,1H3,(H,18,20). The van der Waals surface area contributed by atoms with Gasteiger partial charge in [0.1, 0.15) is 11.6 Å². The summed E-state index contributed by atoms with van der Waals surface area (Å²) < 4.78 is 0. The van der Waals surface area contributed by atoms with Gasteiger partial charge in [0, 0.05) is 0 Å². The monoisotopic (exact) mass is 326 g/mol. The Balaban J connectivity index is 2.08. The molecule has 2 aliphatic rings. The molecule has 1 saturated heterocycles. The largest absolute Gasteiger partial charge is 0.340 e. The number of nitrogens with zero attached hydrogens (tertiary/aromatic N) is 1. The molecular weight excluding hydrogens is 311 g/mol. The van der Waals surface area contributed by atoms with Crippen molar-refractivity contribution in [1.82, 2.24) is 5.32 Å². The molecule has 0 bridgehead atoms. The van der Waals surface area contributed by atoms with Gasteiger partial charge in [-0.15, -0.1) is 0 Å². The average Bonchev–Trinajstić information content (AvgIpc) is 2.91. The number of benzene rings is 1. The zero-order valence-electron chi connectivity index (χ0n) is 11.7. The Kier molecular flexibility index (Phi) is 3.62. The van der Waals surface area contributed by atoms with Gasteiger partial charge in [-0.25, -0.2) is 0 Å². The van der Waals surface area contributed by atoms with Gasteiger partial charge >= 0.3 is 0 Å². The van der Waals surface area contributed by atoms with E-state index in [0.29, 0.717) is 28.6 Å². The van der Waals surface area contributed by atoms with Crippen LogP contribution in [0.3, 0.4) is 0 Å². The van der Waals surface area contributed by atoms with Crippen LogP contribution in [0.4, 0.5) is 5.69 Å². The fourth-order valence-corrected chi connectivity index (χ4v) is 3.62. The summed E-state index contributed by atoms with van der Waals surface area (Å²) in [6.07, 6.45) is 3.24. The van der Waals surface area contributed by atoms with Gasteiger partial charge in [-0.3, -0.25) is 14.5 Å². The zero-order valence-corrected chi connectivity index (χ0v) is 13.2. The van der Waals surface area contributed by atoms with Crippen molar-refractivity contribution >= 4 is 40.7 Å². The second-order valence-corrected chi connectivity index (χ2v) is 6.49. The number of amides is 2. The van der Waals surface area contributed by atoms with Gasteiger partial charge in [0.15, 0.2) is 0 Å². The minimum atomic E-state index is -0.769. The molecule has 1 aromatic carbocycles. The van der Waals surface area contributed by atoms with Gasteiger partial charge in [0.2, 0.25) is 5.91 Å². The van der Waals surface area contributed by atoms with E-state index in [1.807, 2.05) is 0 Å². The van der Waals surface area contributed by atoms with Crippen molar-refractivity contribution in [3.05, 3.63) is 28.2 Å². The molecule has 1 N–H and O–H groups in total. The van der Waals surface area contributed by atoms with Crippen molar-refractivity contribution in [3.63, 3.8) is 0 Å². The Bertz CT molecular complexity index is 612. The lowest BCUT2D eigenvalue weighted by atomic mass is 9.90. The number of nitrogens with one attached hydrogen (secondary N) is 1. The highest BCUT2D eigenvalue weighted by molar-refractivity contribution is 6.44. The van der Waals surface area contributed by atoms with Crippen molar-refractivity contribution in [3.8, 4) is 0 Å². The first kappa shape index (κ1) is 14.7. The van der Waals surface area contributed by atoms with E-state index in [4.69, 9.17) is 23.2 Å². The smallest absolute Gasteiger partial charge is 0.253 e. The maximum atomic E-state index is 13.0. The minimum absolute atomic E-state index is 0.0868. The first-order chi connectivity index (χ1) is 9.96. The van der Waals surface area contributed by atoms with Crippen molar-refractivity contribution in [2.24, 2.45) is 0 Å². The van der Waals surface area contributed by atoms with Crippen molar-refractivity contribution in [2.45, 2.75) is 44.2 Å². The number of carbonyl (C=O) groups excluding carboxylic acids is 2. The lowest BCUT2D eigenvalue weighted by Crippen LogP contribution is -2.69. The quantitative estimate of drug-likeness (QED) is 0.861. The van der Waals surface area contributed by atoms with E-state index in [1.54, 1.807) is 25.1 Å². The predicted octanol–water partition coefficient (Wildman–Crippen LogP) is 3.16. The summed E-state index contributed by atoms with van der Waals surface area (Å²) in [5.74, 6) is -0.233. The molecule has 1 saturated carbocycles. The Morgan fingerprint density at radius 1 is 1.24 bits per heavy atom. The van der Waals surface area contributed by atoms with Crippen LogP contribution in [0.1, 0.15) is 32.6 Å². The highest BCUT2D eigenvalue weighted by Crippen LogP contribution is 2.40. The molecule has 2 fully saturated rings. The van der Waals surface area contributed by atoms with Crippen molar-refractivity contribution in [2.75, 3.05) is 4.90 Å². The number of hydrogen-bond donors (Lipinski definition) is 1. The maximum Gasteiger partial charge on any atom is 0.253 e. The van der Waals surface area contributed by atoms with Gasteiger partial charge in [0.25, 0.3) is 5.91 Å². The Morgan fingerprint density at radius 2 is 1.90 bits per heavy atom. The highest BCUT2D eigenvalue weighted by atomic mass is 35.5. The normalized spacial score (nSPS) is 24.5. The van der Waals surface area contributed by atoms with Crippen LogP contribution in [-0.4, -0.2) is 23.4 Å². The summed E-state index contributed by atoms with van der Waals surface area (Å²) in [7, 11) is 0. The van der Waals surface area contributed by atoms with E-state index in [0.717, 1.165) is 12.8 Å². The molecule has 2 amide bonds. The van der Waals surface area contributed by atoms with Crippen LogP contribution in [0.25, 0.3) is 0 Å². The number of anilines is 1. The van der Waals surface area contributed by atoms with Gasteiger partial charge < -0.3 is 5.32 Å². The van der Waals surface area contributed by atoms with Crippen LogP contribution in [0.5, 0.6) is 0 Å². The molecule has 1 heterocycles. The lowest BCUT2D eigenvalue weighted by Gasteiger charge is -2.43. The first-order valence-electron chi connectivity index (χ1n) is 7.06. The van der Waals surface area contributed by atoms with Crippen LogP contribution in [0, 0.1) is 0 Å². The van der Waals surface area contributed by atoms with E-state index in [9.17, 15) is 9.59 Å². The number of halogens is 2. The predicted molar refractivity (Wildman–Crippen MR) is 82.8 cm³/mol. The third-order valence-corrected chi connectivity index (χ3v) is 5.21. The molecule has 3 rings (SSSR count). The first-order valence-corrected chi connectivity index (χ1v) is 7.81. The van der Waals surface area contributed by atoms with Gasteiger partial charge in [0.05, 0.1) is 15.7 Å². The molecule has 1 aromatic rings. The fourth-order valence-electron chi connectivity index (χ4n) is 3.23. The van der Waals surface area contributed by atoms with E-state index >= 15 is 0 Å². The third kappa shape index (κ3) is 2.21. The minimum Gasteiger partial charge on any atom is -0.340 e. The Hall–Kier alpha value is -1.26. The summed E-state index contributed by atoms with van der Waals surface area (Å²) in [6, 6.07) is 4.53. The summed E-state index contributed by atoms with van der Waals surface area (Å²) in [4.78, 5) is 26.8. The molecule has 4 nitrogen and oxygen atoms in total. The summed E-state index contributed by atoms with van der Waals surface area (Å²) >= 11 is 12.3. The molecule has 1 atom stereocenters. The highest BCUT2D eigenvalue weighted by Gasteiger charge is 2.51. The average molecular weight is 327 g/mol. The van der Waals surface area contributed by atoms with E-state index in [1.165, 1.54) is 4.90 Å². The summed E-state index contributed by atoms with van der Waals surface area (Å²) in [5.41, 5.74) is -0.266. The third-order valence-electron chi connectivity index (χ3n) is 4.41. The summed E-state index contributed by atoms with van der Waals surface area (Å²) in [5, 5.41) is 3.60. The van der Waals surface area contributed by atoms with Crippen molar-refractivity contribution in [1.29, 1.82) is 0 Å². The second-order valence-electron chi connectivity index (χ2n) is 5.70. The fraction of sp³-hybridized carbons (Fsp3) is 0.467. The SMILES string of the molecule is CC1C(=O)NC2(CCCC2)C(=O)N1c1cccc(Cl)c1Cl. The molecule has 1 aliphatic carbocycles. The topological polar surface area (TPSA) is 49.4 Å². The van der Waals surface area contributed by atoms with Gasteiger partial charge in [-0.05, 0) is 31.9 Å². The Morgan fingerprint density at radius 3 is 2.57 bits per heavy atom. The van der Waals surface area contributed by atoms with Crippen LogP contribution < -0.4 is 10.2 Å². The molecule has 1 spiro atoms. The van der Waals surface area contributed by atoms with E-state index < -0.39 is 11.6 Å². The number of rotatable bonds is 1. The maximum absolute atomic E-state index is 13.0. The van der Waals surface area contributed by atoms with Crippen molar-refractivity contribution < 1.29 is 9.59 Å². The molecular formula is C15H16Cl2N2O2. The molecule has 1 aliphatic heterocycles. The Labute approximate surface area is 133 Å². The number of piperazine rings is 1. The molecule has 1 unspecified atom stereocenters. The van der Waals surface area contributed by atoms with Crippen LogP contribution in [0.2, 0.25) is 10.0 Å². The van der Waals surface area contributed by atoms with Crippen LogP contribution >= 0.6 is 23.2 Å². The van der Waals surface area contributed by atoms with Crippen LogP contribution in [-0.2, 0) is 9.59 Å². The lowest BCUT2D eigenvalue weighted by molar-refractivity contribution is -0.137. The van der Waals surface area contributed by atoms with E-state index in [2.05, 4.69) is 5.32 Å². The molecule has 0 radical (unpaired) electrons. The van der Waals surface area contributed by atoms with Crippen LogP contribution in [0.15, 0.2) is 18.2 Å². The molecule has 21 heavy (non-hydrogen) atoms.